The van der Waals surface area contributed by atoms with Gasteiger partial charge in [0.2, 0.25) is 0 Å². The molecule has 86 valence electrons. The fourth-order valence-corrected chi connectivity index (χ4v) is 3.51. The third kappa shape index (κ3) is 1.82. The van der Waals surface area contributed by atoms with Crippen molar-refractivity contribution in [1.82, 2.24) is 5.32 Å². The van der Waals surface area contributed by atoms with Gasteiger partial charge in [0.05, 0.1) is 10.6 Å². The van der Waals surface area contributed by atoms with E-state index in [9.17, 15) is 13.2 Å². The van der Waals surface area contributed by atoms with E-state index in [1.807, 2.05) is 0 Å². The summed E-state index contributed by atoms with van der Waals surface area (Å²) < 4.78 is 23.4. The fraction of sp³-hybridized carbons (Fsp3) is 0.364. The standard InChI is InChI=1S/C11H13NO3S/c1-12-11(13)9-4-5-10-8(7-9)3-2-6-16(10,14)15/h4-5,7H,2-3,6H2,1H3,(H,12,13). The van der Waals surface area contributed by atoms with Crippen LogP contribution in [0, 0.1) is 0 Å². The van der Waals surface area contributed by atoms with E-state index < -0.39 is 9.84 Å². The Balaban J connectivity index is 2.52. The number of benzene rings is 1. The van der Waals surface area contributed by atoms with Crippen LogP contribution in [-0.2, 0) is 16.3 Å². The molecule has 0 fully saturated rings. The van der Waals surface area contributed by atoms with Crippen LogP contribution in [-0.4, -0.2) is 27.1 Å². The maximum Gasteiger partial charge on any atom is 0.251 e. The van der Waals surface area contributed by atoms with E-state index in [1.165, 1.54) is 6.07 Å². The highest BCUT2D eigenvalue weighted by Gasteiger charge is 2.23. The van der Waals surface area contributed by atoms with E-state index in [-0.39, 0.29) is 11.7 Å². The lowest BCUT2D eigenvalue weighted by Crippen LogP contribution is -2.20. The van der Waals surface area contributed by atoms with Gasteiger partial charge in [-0.2, -0.15) is 0 Å². The molecule has 1 aromatic rings. The maximum absolute atomic E-state index is 11.7. The number of sulfone groups is 1. The molecule has 1 N–H and O–H groups in total. The number of rotatable bonds is 1. The van der Waals surface area contributed by atoms with Gasteiger partial charge in [-0.15, -0.1) is 0 Å². The average Bonchev–Trinajstić information content (AvgIpc) is 2.27. The third-order valence-corrected chi connectivity index (χ3v) is 4.64. The Morgan fingerprint density at radius 2 is 2.12 bits per heavy atom. The van der Waals surface area contributed by atoms with Crippen LogP contribution in [0.1, 0.15) is 22.3 Å². The summed E-state index contributed by atoms with van der Waals surface area (Å²) in [6, 6.07) is 4.76. The molecular weight excluding hydrogens is 226 g/mol. The molecule has 5 heteroatoms. The minimum atomic E-state index is -3.12. The Hall–Kier alpha value is -1.36. The Morgan fingerprint density at radius 3 is 2.81 bits per heavy atom. The van der Waals surface area contributed by atoms with Crippen LogP contribution in [0.15, 0.2) is 23.1 Å². The van der Waals surface area contributed by atoms with Gasteiger partial charge in [-0.1, -0.05) is 0 Å². The molecule has 1 aliphatic heterocycles. The molecule has 0 bridgehead atoms. The molecular formula is C11H13NO3S. The Labute approximate surface area is 94.6 Å². The predicted molar refractivity (Wildman–Crippen MR) is 60.2 cm³/mol. The number of fused-ring (bicyclic) bond motifs is 1. The highest BCUT2D eigenvalue weighted by molar-refractivity contribution is 7.91. The highest BCUT2D eigenvalue weighted by atomic mass is 32.2. The van der Waals surface area contributed by atoms with Crippen molar-refractivity contribution >= 4 is 15.7 Å². The van der Waals surface area contributed by atoms with Crippen molar-refractivity contribution in [3.05, 3.63) is 29.3 Å². The van der Waals surface area contributed by atoms with Crippen LogP contribution in [0.25, 0.3) is 0 Å². The molecule has 0 radical (unpaired) electrons. The van der Waals surface area contributed by atoms with Gasteiger partial charge in [0.1, 0.15) is 0 Å². The summed E-state index contributed by atoms with van der Waals surface area (Å²) in [5, 5.41) is 2.52. The van der Waals surface area contributed by atoms with E-state index in [0.29, 0.717) is 16.9 Å². The van der Waals surface area contributed by atoms with Gasteiger partial charge < -0.3 is 5.32 Å². The highest BCUT2D eigenvalue weighted by Crippen LogP contribution is 2.25. The minimum absolute atomic E-state index is 0.189. The molecule has 0 atom stereocenters. The van der Waals surface area contributed by atoms with Gasteiger partial charge in [0.15, 0.2) is 9.84 Å². The summed E-state index contributed by atoms with van der Waals surface area (Å²) in [5.41, 5.74) is 1.27. The van der Waals surface area contributed by atoms with Crippen LogP contribution in [0.3, 0.4) is 0 Å². The van der Waals surface area contributed by atoms with E-state index in [1.54, 1.807) is 19.2 Å². The first-order valence-electron chi connectivity index (χ1n) is 5.12. The summed E-state index contributed by atoms with van der Waals surface area (Å²) in [7, 11) is -1.57. The van der Waals surface area contributed by atoms with E-state index >= 15 is 0 Å². The van der Waals surface area contributed by atoms with Crippen molar-refractivity contribution in [3.8, 4) is 0 Å². The largest absolute Gasteiger partial charge is 0.355 e. The molecule has 1 heterocycles. The zero-order valence-electron chi connectivity index (χ0n) is 8.99. The molecule has 1 aromatic carbocycles. The number of hydrogen-bond donors (Lipinski definition) is 1. The molecule has 0 spiro atoms. The molecule has 1 amide bonds. The van der Waals surface area contributed by atoms with E-state index in [2.05, 4.69) is 5.32 Å². The number of nitrogens with one attached hydrogen (secondary N) is 1. The number of amides is 1. The number of hydrogen-bond acceptors (Lipinski definition) is 3. The molecule has 1 aliphatic rings. The number of aryl methyl sites for hydroxylation is 1. The summed E-state index contributed by atoms with van der Waals surface area (Å²) in [5.74, 6) is 0.0186. The second-order valence-corrected chi connectivity index (χ2v) is 5.90. The molecule has 2 rings (SSSR count). The van der Waals surface area contributed by atoms with Crippen LogP contribution in [0.4, 0.5) is 0 Å². The molecule has 0 aromatic heterocycles. The molecule has 0 saturated carbocycles. The molecule has 0 unspecified atom stereocenters. The quantitative estimate of drug-likeness (QED) is 0.787. The van der Waals surface area contributed by atoms with Crippen molar-refractivity contribution in [2.24, 2.45) is 0 Å². The zero-order valence-corrected chi connectivity index (χ0v) is 9.80. The predicted octanol–water partition coefficient (Wildman–Crippen LogP) is 0.766. The second-order valence-electron chi connectivity index (χ2n) is 3.82. The molecule has 0 saturated heterocycles. The molecule has 0 aliphatic carbocycles. The summed E-state index contributed by atoms with van der Waals surface area (Å²) in [4.78, 5) is 11.8. The van der Waals surface area contributed by atoms with Gasteiger partial charge in [0, 0.05) is 12.6 Å². The van der Waals surface area contributed by atoms with Crippen molar-refractivity contribution < 1.29 is 13.2 Å². The first kappa shape index (κ1) is 11.1. The van der Waals surface area contributed by atoms with Gasteiger partial charge in [0.25, 0.3) is 5.91 Å². The van der Waals surface area contributed by atoms with E-state index in [4.69, 9.17) is 0 Å². The van der Waals surface area contributed by atoms with Gasteiger partial charge in [-0.25, -0.2) is 8.42 Å². The summed E-state index contributed by atoms with van der Waals surface area (Å²) in [6.07, 6.45) is 1.35. The smallest absolute Gasteiger partial charge is 0.251 e. The Morgan fingerprint density at radius 1 is 1.38 bits per heavy atom. The van der Waals surface area contributed by atoms with Gasteiger partial charge in [-0.3, -0.25) is 4.79 Å². The van der Waals surface area contributed by atoms with Gasteiger partial charge >= 0.3 is 0 Å². The summed E-state index contributed by atoms with van der Waals surface area (Å²) >= 11 is 0. The average molecular weight is 239 g/mol. The normalized spacial score (nSPS) is 17.6. The van der Waals surface area contributed by atoms with Crippen LogP contribution in [0.5, 0.6) is 0 Å². The van der Waals surface area contributed by atoms with Crippen LogP contribution < -0.4 is 5.32 Å². The summed E-state index contributed by atoms with van der Waals surface area (Å²) in [6.45, 7) is 0. The van der Waals surface area contributed by atoms with Crippen molar-refractivity contribution in [1.29, 1.82) is 0 Å². The monoisotopic (exact) mass is 239 g/mol. The molecule has 16 heavy (non-hydrogen) atoms. The van der Waals surface area contributed by atoms with Crippen molar-refractivity contribution in [3.63, 3.8) is 0 Å². The first-order valence-corrected chi connectivity index (χ1v) is 6.77. The second kappa shape index (κ2) is 3.90. The van der Waals surface area contributed by atoms with E-state index in [0.717, 1.165) is 12.0 Å². The fourth-order valence-electron chi connectivity index (χ4n) is 1.93. The van der Waals surface area contributed by atoms with Crippen molar-refractivity contribution in [2.75, 3.05) is 12.8 Å². The third-order valence-electron chi connectivity index (χ3n) is 2.74. The Kier molecular flexibility index (Phi) is 2.71. The first-order chi connectivity index (χ1) is 7.54. The van der Waals surface area contributed by atoms with Gasteiger partial charge in [-0.05, 0) is 36.6 Å². The molecule has 4 nitrogen and oxygen atoms in total. The lowest BCUT2D eigenvalue weighted by atomic mass is 10.1. The van der Waals surface area contributed by atoms with Crippen molar-refractivity contribution in [2.45, 2.75) is 17.7 Å². The topological polar surface area (TPSA) is 63.2 Å². The SMILES string of the molecule is CNC(=O)c1ccc2c(c1)CCCS2(=O)=O. The number of carbonyl (C=O) groups is 1. The maximum atomic E-state index is 11.7. The lowest BCUT2D eigenvalue weighted by Gasteiger charge is -2.16. The van der Waals surface area contributed by atoms with Crippen LogP contribution >= 0.6 is 0 Å². The Bertz CT molecular complexity index is 534. The number of carbonyl (C=O) groups excluding carboxylic acids is 1. The minimum Gasteiger partial charge on any atom is -0.355 e. The van der Waals surface area contributed by atoms with Crippen LogP contribution in [0.2, 0.25) is 0 Å². The zero-order chi connectivity index (χ0) is 11.8. The lowest BCUT2D eigenvalue weighted by molar-refractivity contribution is 0.0963.